The van der Waals surface area contributed by atoms with Gasteiger partial charge in [0.15, 0.2) is 11.5 Å². The molecule has 1 aromatic rings. The van der Waals surface area contributed by atoms with Gasteiger partial charge in [0.05, 0.1) is 19.1 Å². The molecular formula is C21H33ClN2O3. The fourth-order valence-corrected chi connectivity index (χ4v) is 4.27. The summed E-state index contributed by atoms with van der Waals surface area (Å²) in [5.41, 5.74) is 8.48. The zero-order valence-corrected chi connectivity index (χ0v) is 17.6. The Bertz CT molecular complexity index is 663. The minimum Gasteiger partial charge on any atom is -0.490 e. The van der Waals surface area contributed by atoms with Crippen LogP contribution >= 0.6 is 12.4 Å². The number of nitrogens with zero attached hydrogens (tertiary/aromatic N) is 1. The first-order chi connectivity index (χ1) is 12.5. The molecule has 0 bridgehead atoms. The van der Waals surface area contributed by atoms with Crippen molar-refractivity contribution in [2.45, 2.75) is 65.0 Å². The second-order valence-electron chi connectivity index (χ2n) is 7.75. The van der Waals surface area contributed by atoms with E-state index >= 15 is 0 Å². The third-order valence-electron chi connectivity index (χ3n) is 5.74. The lowest BCUT2D eigenvalue weighted by Gasteiger charge is -2.41. The molecule has 0 saturated heterocycles. The Labute approximate surface area is 169 Å². The van der Waals surface area contributed by atoms with Crippen LogP contribution in [0.15, 0.2) is 12.1 Å². The molecule has 0 radical (unpaired) electrons. The third kappa shape index (κ3) is 4.69. The smallest absolute Gasteiger partial charge is 0.227 e. The number of ether oxygens (including phenoxy) is 2. The highest BCUT2D eigenvalue weighted by Gasteiger charge is 2.40. The Morgan fingerprint density at radius 2 is 1.81 bits per heavy atom. The number of halogens is 1. The Hall–Kier alpha value is -1.46. The number of hydrogen-bond donors (Lipinski definition) is 1. The van der Waals surface area contributed by atoms with Crippen molar-refractivity contribution in [1.29, 1.82) is 0 Å². The highest BCUT2D eigenvalue weighted by atomic mass is 35.5. The number of carbonyl (C=O) groups is 1. The molecule has 6 heteroatoms. The van der Waals surface area contributed by atoms with Gasteiger partial charge in [0, 0.05) is 18.6 Å². The Balaban J connectivity index is 0.00000261. The molecule has 2 N–H and O–H groups in total. The first kappa shape index (κ1) is 21.8. The van der Waals surface area contributed by atoms with Crippen molar-refractivity contribution in [3.63, 3.8) is 0 Å². The van der Waals surface area contributed by atoms with E-state index in [4.69, 9.17) is 15.2 Å². The van der Waals surface area contributed by atoms with Gasteiger partial charge in [-0.25, -0.2) is 0 Å². The van der Waals surface area contributed by atoms with Gasteiger partial charge >= 0.3 is 0 Å². The van der Waals surface area contributed by atoms with Gasteiger partial charge in [0.25, 0.3) is 0 Å². The molecule has 2 unspecified atom stereocenters. The monoisotopic (exact) mass is 396 g/mol. The minimum absolute atomic E-state index is 0. The van der Waals surface area contributed by atoms with Gasteiger partial charge in [-0.1, -0.05) is 12.8 Å². The van der Waals surface area contributed by atoms with Crippen molar-refractivity contribution in [2.24, 2.45) is 11.7 Å². The molecule has 2 aliphatic rings. The Morgan fingerprint density at radius 3 is 2.41 bits per heavy atom. The summed E-state index contributed by atoms with van der Waals surface area (Å²) in [6, 6.07) is 4.13. The molecule has 0 spiro atoms. The molecule has 1 amide bonds. The van der Waals surface area contributed by atoms with E-state index in [1.54, 1.807) is 0 Å². The van der Waals surface area contributed by atoms with Gasteiger partial charge in [0.1, 0.15) is 0 Å². The van der Waals surface area contributed by atoms with E-state index < -0.39 is 0 Å². The van der Waals surface area contributed by atoms with Crippen LogP contribution in [0, 0.1) is 5.92 Å². The average molecular weight is 397 g/mol. The van der Waals surface area contributed by atoms with Gasteiger partial charge in [-0.05, 0) is 63.3 Å². The molecule has 1 fully saturated rings. The summed E-state index contributed by atoms with van der Waals surface area (Å²) in [6.45, 7) is 8.56. The van der Waals surface area contributed by atoms with E-state index in [0.29, 0.717) is 19.8 Å². The van der Waals surface area contributed by atoms with Crippen molar-refractivity contribution >= 4 is 18.3 Å². The summed E-state index contributed by atoms with van der Waals surface area (Å²) in [4.78, 5) is 15.1. The SMILES string of the molecule is CCOc1cc2c(cc1OCC)CN(C(=O)C1CCCCC1(C)N)CC2.Cl. The number of fused-ring (bicyclic) bond motifs is 1. The van der Waals surface area contributed by atoms with E-state index in [1.165, 1.54) is 5.56 Å². The predicted octanol–water partition coefficient (Wildman–Crippen LogP) is 3.70. The second kappa shape index (κ2) is 9.16. The first-order valence-corrected chi connectivity index (χ1v) is 9.95. The maximum Gasteiger partial charge on any atom is 0.227 e. The van der Waals surface area contributed by atoms with Crippen LogP contribution < -0.4 is 15.2 Å². The lowest BCUT2D eigenvalue weighted by molar-refractivity contribution is -0.139. The normalized spacial score (nSPS) is 24.6. The summed E-state index contributed by atoms with van der Waals surface area (Å²) in [5.74, 6) is 1.72. The van der Waals surface area contributed by atoms with Crippen molar-refractivity contribution in [3.05, 3.63) is 23.3 Å². The van der Waals surface area contributed by atoms with Crippen LogP contribution in [0.5, 0.6) is 11.5 Å². The molecule has 1 aliphatic carbocycles. The fourth-order valence-electron chi connectivity index (χ4n) is 4.27. The van der Waals surface area contributed by atoms with Gasteiger partial charge < -0.3 is 20.1 Å². The number of hydrogen-bond acceptors (Lipinski definition) is 4. The number of amides is 1. The number of nitrogens with two attached hydrogens (primary N) is 1. The maximum absolute atomic E-state index is 13.1. The molecule has 1 heterocycles. The number of benzene rings is 1. The summed E-state index contributed by atoms with van der Waals surface area (Å²) < 4.78 is 11.5. The van der Waals surface area contributed by atoms with Crippen LogP contribution in [0.3, 0.4) is 0 Å². The highest BCUT2D eigenvalue weighted by molar-refractivity contribution is 5.85. The molecule has 2 atom stereocenters. The van der Waals surface area contributed by atoms with Crippen molar-refractivity contribution < 1.29 is 14.3 Å². The molecule has 3 rings (SSSR count). The fraction of sp³-hybridized carbons (Fsp3) is 0.667. The van der Waals surface area contributed by atoms with E-state index in [1.807, 2.05) is 31.7 Å². The van der Waals surface area contributed by atoms with Gasteiger partial charge in [-0.3, -0.25) is 4.79 Å². The zero-order valence-electron chi connectivity index (χ0n) is 16.8. The second-order valence-corrected chi connectivity index (χ2v) is 7.75. The number of carbonyl (C=O) groups excluding carboxylic acids is 1. The lowest BCUT2D eigenvalue weighted by atomic mass is 9.73. The van der Waals surface area contributed by atoms with E-state index in [0.717, 1.165) is 55.7 Å². The zero-order chi connectivity index (χ0) is 18.7. The summed E-state index contributed by atoms with van der Waals surface area (Å²) in [5, 5.41) is 0. The molecule has 5 nitrogen and oxygen atoms in total. The van der Waals surface area contributed by atoms with Crippen molar-refractivity contribution in [1.82, 2.24) is 4.90 Å². The molecule has 1 aliphatic heterocycles. The lowest BCUT2D eigenvalue weighted by Crippen LogP contribution is -2.54. The highest BCUT2D eigenvalue weighted by Crippen LogP contribution is 2.36. The van der Waals surface area contributed by atoms with Crippen LogP contribution in [-0.2, 0) is 17.8 Å². The molecule has 1 saturated carbocycles. The minimum atomic E-state index is -0.384. The Kier molecular flexibility index (Phi) is 7.40. The largest absolute Gasteiger partial charge is 0.490 e. The Morgan fingerprint density at radius 1 is 1.19 bits per heavy atom. The quantitative estimate of drug-likeness (QED) is 0.824. The standard InChI is InChI=1S/C21H32N2O3.ClH/c1-4-25-18-12-15-9-11-23(14-16(15)13-19(18)26-5-2)20(24)17-8-6-7-10-21(17,3)22;/h12-13,17H,4-11,14,22H2,1-3H3;1H. The average Bonchev–Trinajstić information content (AvgIpc) is 2.61. The van der Waals surface area contributed by atoms with Crippen molar-refractivity contribution in [2.75, 3.05) is 19.8 Å². The third-order valence-corrected chi connectivity index (χ3v) is 5.74. The van der Waals surface area contributed by atoms with Crippen LogP contribution in [0.4, 0.5) is 0 Å². The molecular weight excluding hydrogens is 364 g/mol. The van der Waals surface area contributed by atoms with Gasteiger partial charge in [-0.2, -0.15) is 0 Å². The summed E-state index contributed by atoms with van der Waals surface area (Å²) in [7, 11) is 0. The molecule has 27 heavy (non-hydrogen) atoms. The first-order valence-electron chi connectivity index (χ1n) is 9.95. The van der Waals surface area contributed by atoms with Gasteiger partial charge in [0.2, 0.25) is 5.91 Å². The topological polar surface area (TPSA) is 64.8 Å². The van der Waals surface area contributed by atoms with E-state index in [-0.39, 0.29) is 29.8 Å². The van der Waals surface area contributed by atoms with Crippen LogP contribution in [0.25, 0.3) is 0 Å². The van der Waals surface area contributed by atoms with Gasteiger partial charge in [-0.15, -0.1) is 12.4 Å². The maximum atomic E-state index is 13.1. The molecule has 152 valence electrons. The van der Waals surface area contributed by atoms with Crippen LogP contribution in [0.2, 0.25) is 0 Å². The van der Waals surface area contributed by atoms with E-state index in [9.17, 15) is 4.79 Å². The predicted molar refractivity (Wildman–Crippen MR) is 110 cm³/mol. The summed E-state index contributed by atoms with van der Waals surface area (Å²) >= 11 is 0. The number of rotatable bonds is 5. The molecule has 1 aromatic carbocycles. The summed E-state index contributed by atoms with van der Waals surface area (Å²) in [6.07, 6.45) is 4.90. The molecule has 0 aromatic heterocycles. The van der Waals surface area contributed by atoms with Crippen LogP contribution in [-0.4, -0.2) is 36.1 Å². The van der Waals surface area contributed by atoms with E-state index in [2.05, 4.69) is 6.07 Å². The van der Waals surface area contributed by atoms with Crippen molar-refractivity contribution in [3.8, 4) is 11.5 Å². The van der Waals surface area contributed by atoms with Crippen LogP contribution in [0.1, 0.15) is 57.6 Å².